The zero-order valence-electron chi connectivity index (χ0n) is 15.2. The normalized spacial score (nSPS) is 18.2. The van der Waals surface area contributed by atoms with Crippen LogP contribution in [0.5, 0.6) is 11.5 Å². The highest BCUT2D eigenvalue weighted by Gasteiger charge is 2.23. The molecular weight excluding hydrogens is 302 g/mol. The van der Waals surface area contributed by atoms with Gasteiger partial charge in [0.2, 0.25) is 5.91 Å². The quantitative estimate of drug-likeness (QED) is 0.730. The molecule has 1 aromatic rings. The van der Waals surface area contributed by atoms with Gasteiger partial charge in [0, 0.05) is 18.7 Å². The third kappa shape index (κ3) is 4.76. The Labute approximate surface area is 145 Å². The minimum absolute atomic E-state index is 0.0898. The SMILES string of the molecule is CCC1CCCCN1C(=O)/C=C/c1ccc(OC(C)C)c(OC)c1. The zero-order valence-corrected chi connectivity index (χ0v) is 15.2. The molecule has 0 N–H and O–H groups in total. The molecule has 0 aliphatic carbocycles. The second-order valence-corrected chi connectivity index (χ2v) is 6.50. The molecule has 1 aromatic carbocycles. The monoisotopic (exact) mass is 331 g/mol. The number of hydrogen-bond acceptors (Lipinski definition) is 3. The molecule has 0 spiro atoms. The molecule has 132 valence electrons. The summed E-state index contributed by atoms with van der Waals surface area (Å²) in [5, 5.41) is 0. The minimum atomic E-state index is 0.0898. The lowest BCUT2D eigenvalue weighted by atomic mass is 10.00. The van der Waals surface area contributed by atoms with E-state index in [1.165, 1.54) is 6.42 Å². The van der Waals surface area contributed by atoms with E-state index < -0.39 is 0 Å². The van der Waals surface area contributed by atoms with E-state index in [1.807, 2.05) is 43.0 Å². The fourth-order valence-corrected chi connectivity index (χ4v) is 3.12. The topological polar surface area (TPSA) is 38.8 Å². The fraction of sp³-hybridized carbons (Fsp3) is 0.550. The van der Waals surface area contributed by atoms with Crippen molar-refractivity contribution in [2.24, 2.45) is 0 Å². The van der Waals surface area contributed by atoms with E-state index >= 15 is 0 Å². The molecule has 1 fully saturated rings. The molecule has 0 saturated carbocycles. The van der Waals surface area contributed by atoms with Crippen LogP contribution in [-0.4, -0.2) is 36.6 Å². The first kappa shape index (κ1) is 18.4. The van der Waals surface area contributed by atoms with Gasteiger partial charge in [0.05, 0.1) is 13.2 Å². The van der Waals surface area contributed by atoms with Gasteiger partial charge in [-0.25, -0.2) is 0 Å². The lowest BCUT2D eigenvalue weighted by Crippen LogP contribution is -2.42. The van der Waals surface area contributed by atoms with Crippen LogP contribution >= 0.6 is 0 Å². The molecule has 1 amide bonds. The fourth-order valence-electron chi connectivity index (χ4n) is 3.12. The van der Waals surface area contributed by atoms with Crippen LogP contribution in [0.4, 0.5) is 0 Å². The summed E-state index contributed by atoms with van der Waals surface area (Å²) in [7, 11) is 1.63. The van der Waals surface area contributed by atoms with Crippen LogP contribution < -0.4 is 9.47 Å². The Morgan fingerprint density at radius 2 is 2.12 bits per heavy atom. The number of carbonyl (C=O) groups is 1. The highest BCUT2D eigenvalue weighted by atomic mass is 16.5. The number of carbonyl (C=O) groups excluding carboxylic acids is 1. The van der Waals surface area contributed by atoms with Crippen molar-refractivity contribution in [1.82, 2.24) is 4.90 Å². The van der Waals surface area contributed by atoms with Gasteiger partial charge in [-0.2, -0.15) is 0 Å². The first-order valence-corrected chi connectivity index (χ1v) is 8.88. The second-order valence-electron chi connectivity index (χ2n) is 6.50. The molecule has 2 rings (SSSR count). The Kier molecular flexibility index (Phi) is 6.71. The van der Waals surface area contributed by atoms with Crippen LogP contribution in [0.2, 0.25) is 0 Å². The highest BCUT2D eigenvalue weighted by molar-refractivity contribution is 5.92. The molecule has 1 aliphatic rings. The minimum Gasteiger partial charge on any atom is -0.493 e. The molecule has 1 unspecified atom stereocenters. The summed E-state index contributed by atoms with van der Waals surface area (Å²) in [5.41, 5.74) is 0.932. The summed E-state index contributed by atoms with van der Waals surface area (Å²) in [6.07, 6.45) is 8.08. The summed E-state index contributed by atoms with van der Waals surface area (Å²) in [6, 6.07) is 6.11. The van der Waals surface area contributed by atoms with Gasteiger partial charge < -0.3 is 14.4 Å². The molecule has 4 heteroatoms. The van der Waals surface area contributed by atoms with Crippen LogP contribution in [0.25, 0.3) is 6.08 Å². The first-order valence-electron chi connectivity index (χ1n) is 8.88. The van der Waals surface area contributed by atoms with Gasteiger partial charge in [-0.15, -0.1) is 0 Å². The van der Waals surface area contributed by atoms with Gasteiger partial charge in [0.15, 0.2) is 11.5 Å². The summed E-state index contributed by atoms with van der Waals surface area (Å²) in [4.78, 5) is 14.5. The Hall–Kier alpha value is -1.97. The molecule has 0 radical (unpaired) electrons. The van der Waals surface area contributed by atoms with E-state index in [9.17, 15) is 4.79 Å². The first-order chi connectivity index (χ1) is 11.5. The van der Waals surface area contributed by atoms with E-state index in [1.54, 1.807) is 13.2 Å². The number of hydrogen-bond donors (Lipinski definition) is 0. The smallest absolute Gasteiger partial charge is 0.246 e. The van der Waals surface area contributed by atoms with Crippen LogP contribution in [-0.2, 0) is 4.79 Å². The molecule has 24 heavy (non-hydrogen) atoms. The third-order valence-corrected chi connectivity index (χ3v) is 4.35. The summed E-state index contributed by atoms with van der Waals surface area (Å²) >= 11 is 0. The van der Waals surface area contributed by atoms with Crippen molar-refractivity contribution in [2.75, 3.05) is 13.7 Å². The van der Waals surface area contributed by atoms with Crippen molar-refractivity contribution in [1.29, 1.82) is 0 Å². The molecule has 0 aromatic heterocycles. The standard InChI is InChI=1S/C20H29NO3/c1-5-17-8-6-7-13-21(17)20(22)12-10-16-9-11-18(24-15(2)3)19(14-16)23-4/h9-12,14-15,17H,5-8,13H2,1-4H3/b12-10+. The number of methoxy groups -OCH3 is 1. The average Bonchev–Trinajstić information content (AvgIpc) is 2.60. The van der Waals surface area contributed by atoms with Crippen molar-refractivity contribution in [3.05, 3.63) is 29.8 Å². The maximum absolute atomic E-state index is 12.5. The van der Waals surface area contributed by atoms with Crippen molar-refractivity contribution in [3.63, 3.8) is 0 Å². The van der Waals surface area contributed by atoms with E-state index in [0.717, 1.165) is 37.1 Å². The number of rotatable bonds is 6. The van der Waals surface area contributed by atoms with Crippen molar-refractivity contribution < 1.29 is 14.3 Å². The van der Waals surface area contributed by atoms with Gasteiger partial charge in [0.25, 0.3) is 0 Å². The summed E-state index contributed by atoms with van der Waals surface area (Å²) < 4.78 is 11.1. The number of nitrogens with zero attached hydrogens (tertiary/aromatic N) is 1. The van der Waals surface area contributed by atoms with Crippen LogP contribution in [0.3, 0.4) is 0 Å². The Morgan fingerprint density at radius 3 is 2.79 bits per heavy atom. The number of amides is 1. The summed E-state index contributed by atoms with van der Waals surface area (Å²) in [6.45, 7) is 6.98. The van der Waals surface area contributed by atoms with E-state index in [0.29, 0.717) is 11.8 Å². The van der Waals surface area contributed by atoms with Crippen molar-refractivity contribution >= 4 is 12.0 Å². The van der Waals surface area contributed by atoms with E-state index in [4.69, 9.17) is 9.47 Å². The highest BCUT2D eigenvalue weighted by Crippen LogP contribution is 2.29. The lowest BCUT2D eigenvalue weighted by molar-refractivity contribution is -0.129. The number of ether oxygens (including phenoxy) is 2. The number of likely N-dealkylation sites (tertiary alicyclic amines) is 1. The Balaban J connectivity index is 2.09. The molecule has 1 aliphatic heterocycles. The second kappa shape index (κ2) is 8.76. The molecule has 1 heterocycles. The predicted molar refractivity (Wildman–Crippen MR) is 97.4 cm³/mol. The van der Waals surface area contributed by atoms with Gasteiger partial charge in [0.1, 0.15) is 0 Å². The van der Waals surface area contributed by atoms with Crippen LogP contribution in [0, 0.1) is 0 Å². The lowest BCUT2D eigenvalue weighted by Gasteiger charge is -2.34. The molecule has 0 bridgehead atoms. The maximum Gasteiger partial charge on any atom is 0.246 e. The van der Waals surface area contributed by atoms with Gasteiger partial charge in [-0.1, -0.05) is 13.0 Å². The van der Waals surface area contributed by atoms with Crippen LogP contribution in [0.15, 0.2) is 24.3 Å². The molecule has 4 nitrogen and oxygen atoms in total. The third-order valence-electron chi connectivity index (χ3n) is 4.35. The Morgan fingerprint density at radius 1 is 1.33 bits per heavy atom. The van der Waals surface area contributed by atoms with E-state index in [-0.39, 0.29) is 12.0 Å². The zero-order chi connectivity index (χ0) is 17.5. The predicted octanol–water partition coefficient (Wildman–Crippen LogP) is 4.29. The molecule has 1 atom stereocenters. The van der Waals surface area contributed by atoms with Crippen molar-refractivity contribution in [3.8, 4) is 11.5 Å². The largest absolute Gasteiger partial charge is 0.493 e. The number of piperidine rings is 1. The molecule has 1 saturated heterocycles. The van der Waals surface area contributed by atoms with Crippen molar-refractivity contribution in [2.45, 2.75) is 58.6 Å². The van der Waals surface area contributed by atoms with Gasteiger partial charge in [-0.3, -0.25) is 4.79 Å². The average molecular weight is 331 g/mol. The van der Waals surface area contributed by atoms with Crippen LogP contribution in [0.1, 0.15) is 52.0 Å². The summed E-state index contributed by atoms with van der Waals surface area (Å²) in [5.74, 6) is 1.50. The van der Waals surface area contributed by atoms with E-state index in [2.05, 4.69) is 6.92 Å². The van der Waals surface area contributed by atoms with Gasteiger partial charge >= 0.3 is 0 Å². The number of benzene rings is 1. The Bertz CT molecular complexity index is 580. The molecular formula is C20H29NO3. The van der Waals surface area contributed by atoms with Gasteiger partial charge in [-0.05, 0) is 63.3 Å². The maximum atomic E-state index is 12.5.